The first kappa shape index (κ1) is 20.0. The molecule has 0 aliphatic carbocycles. The Morgan fingerprint density at radius 1 is 1.31 bits per heavy atom. The van der Waals surface area contributed by atoms with Crippen LogP contribution in [-0.2, 0) is 14.3 Å². The summed E-state index contributed by atoms with van der Waals surface area (Å²) < 4.78 is 10.2. The number of imide groups is 1. The number of amides is 2. The van der Waals surface area contributed by atoms with Gasteiger partial charge < -0.3 is 9.47 Å². The van der Waals surface area contributed by atoms with E-state index in [1.165, 1.54) is 0 Å². The summed E-state index contributed by atoms with van der Waals surface area (Å²) in [5.74, 6) is -0.0326. The first-order valence-corrected chi connectivity index (χ1v) is 9.19. The highest BCUT2D eigenvalue weighted by Gasteiger charge is 2.36. The number of hydrogen-bond donors (Lipinski definition) is 0. The van der Waals surface area contributed by atoms with E-state index in [9.17, 15) is 14.4 Å². The van der Waals surface area contributed by atoms with E-state index in [1.54, 1.807) is 20.1 Å². The lowest BCUT2D eigenvalue weighted by molar-refractivity contribution is -0.145. The number of aryl methyl sites for hydroxylation is 1. The van der Waals surface area contributed by atoms with Crippen molar-refractivity contribution in [2.45, 2.75) is 33.6 Å². The van der Waals surface area contributed by atoms with Crippen molar-refractivity contribution in [3.8, 4) is 5.75 Å². The number of methoxy groups -OCH3 is 1. The Labute approximate surface area is 157 Å². The van der Waals surface area contributed by atoms with E-state index in [0.29, 0.717) is 4.91 Å². The number of benzene rings is 1. The molecule has 1 saturated heterocycles. The molecule has 0 bridgehead atoms. The van der Waals surface area contributed by atoms with Crippen LogP contribution in [0.2, 0.25) is 0 Å². The highest BCUT2D eigenvalue weighted by molar-refractivity contribution is 8.18. The largest absolute Gasteiger partial charge is 0.496 e. The monoisotopic (exact) mass is 377 g/mol. The molecule has 1 fully saturated rings. The van der Waals surface area contributed by atoms with Crippen molar-refractivity contribution in [1.29, 1.82) is 0 Å². The van der Waals surface area contributed by atoms with Crippen LogP contribution in [0.15, 0.2) is 17.0 Å². The third-order valence-corrected chi connectivity index (χ3v) is 4.90. The number of thioether (sulfide) groups is 1. The van der Waals surface area contributed by atoms with E-state index in [0.717, 1.165) is 39.1 Å². The molecule has 1 heterocycles. The van der Waals surface area contributed by atoms with Crippen molar-refractivity contribution < 1.29 is 23.9 Å². The lowest BCUT2D eigenvalue weighted by Gasteiger charge is -2.15. The lowest BCUT2D eigenvalue weighted by atomic mass is 9.96. The Morgan fingerprint density at radius 3 is 2.58 bits per heavy atom. The minimum Gasteiger partial charge on any atom is -0.496 e. The van der Waals surface area contributed by atoms with Crippen molar-refractivity contribution in [2.75, 3.05) is 20.3 Å². The quantitative estimate of drug-likeness (QED) is 0.556. The Kier molecular flexibility index (Phi) is 6.47. The van der Waals surface area contributed by atoms with Crippen LogP contribution in [-0.4, -0.2) is 42.3 Å². The summed E-state index contributed by atoms with van der Waals surface area (Å²) in [5, 5.41) is -0.468. The molecule has 26 heavy (non-hydrogen) atoms. The Morgan fingerprint density at radius 2 is 2.00 bits per heavy atom. The third kappa shape index (κ3) is 4.27. The van der Waals surface area contributed by atoms with E-state index >= 15 is 0 Å². The van der Waals surface area contributed by atoms with Gasteiger partial charge in [-0.15, -0.1) is 0 Å². The predicted molar refractivity (Wildman–Crippen MR) is 101 cm³/mol. The molecule has 1 aromatic carbocycles. The smallest absolute Gasteiger partial charge is 0.326 e. The van der Waals surface area contributed by atoms with Crippen LogP contribution in [0.3, 0.4) is 0 Å². The Bertz CT molecular complexity index is 769. The highest BCUT2D eigenvalue weighted by Crippen LogP contribution is 2.35. The van der Waals surface area contributed by atoms with Crippen LogP contribution in [0, 0.1) is 6.92 Å². The van der Waals surface area contributed by atoms with Gasteiger partial charge in [0.15, 0.2) is 0 Å². The second kappa shape index (κ2) is 8.40. The number of esters is 1. The van der Waals surface area contributed by atoms with E-state index < -0.39 is 17.1 Å². The molecule has 7 heteroatoms. The molecular weight excluding hydrogens is 354 g/mol. The number of ether oxygens (including phenoxy) is 2. The van der Waals surface area contributed by atoms with Gasteiger partial charge in [0.05, 0.1) is 18.6 Å². The molecule has 0 unspecified atom stereocenters. The first-order chi connectivity index (χ1) is 12.3. The summed E-state index contributed by atoms with van der Waals surface area (Å²) in [4.78, 5) is 37.4. The molecule has 0 spiro atoms. The van der Waals surface area contributed by atoms with Gasteiger partial charge in [-0.3, -0.25) is 19.3 Å². The zero-order valence-corrected chi connectivity index (χ0v) is 16.4. The number of nitrogens with zero attached hydrogens (tertiary/aromatic N) is 1. The molecule has 0 saturated carbocycles. The van der Waals surface area contributed by atoms with Gasteiger partial charge in [-0.2, -0.15) is 0 Å². The average molecular weight is 377 g/mol. The lowest BCUT2D eigenvalue weighted by Crippen LogP contribution is -2.34. The predicted octanol–water partition coefficient (Wildman–Crippen LogP) is 3.73. The Balaban J connectivity index is 2.33. The van der Waals surface area contributed by atoms with Crippen molar-refractivity contribution in [3.63, 3.8) is 0 Å². The zero-order chi connectivity index (χ0) is 19.4. The summed E-state index contributed by atoms with van der Waals surface area (Å²) in [7, 11) is 1.63. The summed E-state index contributed by atoms with van der Waals surface area (Å²) in [6.07, 6.45) is 1.69. The first-order valence-electron chi connectivity index (χ1n) is 8.38. The van der Waals surface area contributed by atoms with Crippen LogP contribution < -0.4 is 4.74 Å². The summed E-state index contributed by atoms with van der Waals surface area (Å²) >= 11 is 0.829. The number of rotatable bonds is 6. The van der Waals surface area contributed by atoms with Gasteiger partial charge in [-0.1, -0.05) is 13.8 Å². The van der Waals surface area contributed by atoms with E-state index in [1.807, 2.05) is 19.1 Å². The van der Waals surface area contributed by atoms with Crippen molar-refractivity contribution in [3.05, 3.63) is 33.7 Å². The third-order valence-electron chi connectivity index (χ3n) is 3.99. The van der Waals surface area contributed by atoms with Gasteiger partial charge in [-0.25, -0.2) is 0 Å². The van der Waals surface area contributed by atoms with Crippen LogP contribution in [0.5, 0.6) is 5.75 Å². The van der Waals surface area contributed by atoms with Crippen molar-refractivity contribution in [2.24, 2.45) is 0 Å². The van der Waals surface area contributed by atoms with Gasteiger partial charge >= 0.3 is 5.97 Å². The average Bonchev–Trinajstić information content (AvgIpc) is 2.83. The minimum absolute atomic E-state index is 0.202. The maximum atomic E-state index is 12.5. The zero-order valence-electron chi connectivity index (χ0n) is 15.6. The second-order valence-corrected chi connectivity index (χ2v) is 7.17. The standard InChI is InChI=1S/C19H23NO5S/c1-6-25-17(21)10-20-18(22)16(26-19(20)23)9-13-8-14(11(2)3)15(24-5)7-12(13)4/h7-9,11H,6,10H2,1-5H3/b16-9-. The summed E-state index contributed by atoms with van der Waals surface area (Å²) in [6, 6.07) is 3.89. The fourth-order valence-corrected chi connectivity index (χ4v) is 3.44. The molecule has 1 aromatic rings. The fourth-order valence-electron chi connectivity index (χ4n) is 2.61. The summed E-state index contributed by atoms with van der Waals surface area (Å²) in [5.41, 5.74) is 2.80. The van der Waals surface area contributed by atoms with Crippen molar-refractivity contribution >= 4 is 35.0 Å². The van der Waals surface area contributed by atoms with Gasteiger partial charge in [0.25, 0.3) is 11.1 Å². The molecule has 0 atom stereocenters. The molecule has 140 valence electrons. The molecule has 0 radical (unpaired) electrons. The number of hydrogen-bond acceptors (Lipinski definition) is 6. The van der Waals surface area contributed by atoms with E-state index in [4.69, 9.17) is 9.47 Å². The minimum atomic E-state index is -0.598. The summed E-state index contributed by atoms with van der Waals surface area (Å²) in [6.45, 7) is 7.54. The van der Waals surface area contributed by atoms with E-state index in [-0.39, 0.29) is 19.1 Å². The molecule has 2 rings (SSSR count). The maximum absolute atomic E-state index is 12.5. The van der Waals surface area contributed by atoms with Gasteiger partial charge in [0, 0.05) is 0 Å². The SMILES string of the molecule is CCOC(=O)CN1C(=O)S/C(=C\c2cc(C(C)C)c(OC)cc2C)C1=O. The molecular formula is C19H23NO5S. The second-order valence-electron chi connectivity index (χ2n) is 6.18. The van der Waals surface area contributed by atoms with Crippen molar-refractivity contribution in [1.82, 2.24) is 4.90 Å². The topological polar surface area (TPSA) is 72.9 Å². The van der Waals surface area contributed by atoms with Crippen LogP contribution in [0.1, 0.15) is 43.4 Å². The molecule has 6 nitrogen and oxygen atoms in total. The highest BCUT2D eigenvalue weighted by atomic mass is 32.2. The maximum Gasteiger partial charge on any atom is 0.326 e. The van der Waals surface area contributed by atoms with Gasteiger partial charge in [0.2, 0.25) is 0 Å². The van der Waals surface area contributed by atoms with Crippen LogP contribution >= 0.6 is 11.8 Å². The molecule has 0 N–H and O–H groups in total. The van der Waals surface area contributed by atoms with Gasteiger partial charge in [-0.05, 0) is 66.4 Å². The number of carbonyl (C=O) groups is 3. The molecule has 1 aliphatic heterocycles. The van der Waals surface area contributed by atoms with E-state index in [2.05, 4.69) is 13.8 Å². The van der Waals surface area contributed by atoms with Crippen LogP contribution in [0.25, 0.3) is 6.08 Å². The normalized spacial score (nSPS) is 15.9. The number of carbonyl (C=O) groups excluding carboxylic acids is 3. The Hall–Kier alpha value is -2.28. The molecule has 1 aliphatic rings. The van der Waals surface area contributed by atoms with Crippen LogP contribution in [0.4, 0.5) is 4.79 Å². The molecule has 2 amide bonds. The molecule has 0 aromatic heterocycles. The van der Waals surface area contributed by atoms with Gasteiger partial charge in [0.1, 0.15) is 12.3 Å². The fraction of sp³-hybridized carbons (Fsp3) is 0.421.